The predicted molar refractivity (Wildman–Crippen MR) is 121 cm³/mol. The van der Waals surface area contributed by atoms with Gasteiger partial charge < -0.3 is 9.80 Å². The number of hydrogen-bond donors (Lipinski definition) is 0. The molecule has 0 aromatic heterocycles. The Morgan fingerprint density at radius 2 is 1.53 bits per heavy atom. The van der Waals surface area contributed by atoms with Crippen molar-refractivity contribution in [3.8, 4) is 0 Å². The highest BCUT2D eigenvalue weighted by Gasteiger charge is 2.38. The third-order valence-corrected chi connectivity index (χ3v) is 8.69. The minimum atomic E-state index is -3.57. The number of benzene rings is 2. The van der Waals surface area contributed by atoms with Crippen LogP contribution in [0, 0.1) is 26.6 Å². The smallest absolute Gasteiger partial charge is 0.320 e. The normalized spacial score (nSPS) is 18.6. The molecule has 2 aliphatic rings. The molecule has 0 N–H and O–H groups in total. The minimum absolute atomic E-state index is 0.0270. The number of amides is 2. The second kappa shape index (κ2) is 8.83. The number of halogens is 1. The fourth-order valence-corrected chi connectivity index (χ4v) is 6.88. The van der Waals surface area contributed by atoms with E-state index in [-0.39, 0.29) is 17.9 Å². The number of carbonyl (C=O) groups excluding carboxylic acids is 1. The lowest BCUT2D eigenvalue weighted by atomic mass is 10.1. The van der Waals surface area contributed by atoms with Crippen molar-refractivity contribution in [2.75, 3.05) is 26.2 Å². The van der Waals surface area contributed by atoms with E-state index in [0.29, 0.717) is 50.5 Å². The lowest BCUT2D eigenvalue weighted by molar-refractivity contribution is 0.153. The number of rotatable bonds is 5. The van der Waals surface area contributed by atoms with E-state index in [1.807, 2.05) is 37.8 Å². The molecule has 0 bridgehead atoms. The molecule has 0 unspecified atom stereocenters. The van der Waals surface area contributed by atoms with E-state index in [1.165, 1.54) is 12.1 Å². The number of aryl methyl sites for hydroxylation is 3. The highest BCUT2D eigenvalue weighted by atomic mass is 32.2. The Hall–Kier alpha value is -2.45. The summed E-state index contributed by atoms with van der Waals surface area (Å²) in [7, 11) is -3.57. The van der Waals surface area contributed by atoms with Crippen LogP contribution in [-0.4, -0.2) is 60.8 Å². The summed E-state index contributed by atoms with van der Waals surface area (Å²) >= 11 is 0. The molecule has 0 spiro atoms. The molecule has 172 valence electrons. The molecule has 32 heavy (non-hydrogen) atoms. The van der Waals surface area contributed by atoms with Crippen LogP contribution in [0.25, 0.3) is 0 Å². The van der Waals surface area contributed by atoms with Gasteiger partial charge in [-0.05, 0) is 62.4 Å². The van der Waals surface area contributed by atoms with Crippen molar-refractivity contribution in [2.24, 2.45) is 0 Å². The summed E-state index contributed by atoms with van der Waals surface area (Å²) in [6, 6.07) is 10.0. The van der Waals surface area contributed by atoms with E-state index >= 15 is 0 Å². The van der Waals surface area contributed by atoms with Crippen LogP contribution in [0.5, 0.6) is 0 Å². The van der Waals surface area contributed by atoms with Crippen molar-refractivity contribution in [2.45, 2.75) is 51.1 Å². The van der Waals surface area contributed by atoms with Crippen LogP contribution in [0.4, 0.5) is 9.18 Å². The van der Waals surface area contributed by atoms with Crippen molar-refractivity contribution in [3.63, 3.8) is 0 Å². The van der Waals surface area contributed by atoms with Gasteiger partial charge in [0, 0.05) is 38.8 Å². The molecular formula is C24H30FN3O3S. The van der Waals surface area contributed by atoms with Crippen LogP contribution in [0.3, 0.4) is 0 Å². The molecule has 0 aliphatic carbocycles. The van der Waals surface area contributed by atoms with Gasteiger partial charge in [0.05, 0.1) is 4.90 Å². The molecule has 6 nitrogen and oxygen atoms in total. The Bertz CT molecular complexity index is 1090. The predicted octanol–water partition coefficient (Wildman–Crippen LogP) is 3.84. The summed E-state index contributed by atoms with van der Waals surface area (Å²) in [6.07, 6.45) is 1.25. The molecule has 4 rings (SSSR count). The first-order chi connectivity index (χ1) is 15.2. The number of piperidine rings is 1. The number of sulfonamides is 1. The fourth-order valence-electron chi connectivity index (χ4n) is 4.99. The zero-order valence-electron chi connectivity index (χ0n) is 18.8. The van der Waals surface area contributed by atoms with Gasteiger partial charge in [0.15, 0.2) is 0 Å². The zero-order valence-corrected chi connectivity index (χ0v) is 19.7. The molecule has 2 aromatic carbocycles. The molecule has 2 amide bonds. The molecular weight excluding hydrogens is 429 g/mol. The highest BCUT2D eigenvalue weighted by Crippen LogP contribution is 2.29. The Balaban J connectivity index is 1.39. The molecule has 2 aliphatic heterocycles. The Morgan fingerprint density at radius 1 is 0.938 bits per heavy atom. The van der Waals surface area contributed by atoms with Crippen LogP contribution in [0.2, 0.25) is 0 Å². The second-order valence-corrected chi connectivity index (χ2v) is 10.8. The maximum absolute atomic E-state index is 13.3. The summed E-state index contributed by atoms with van der Waals surface area (Å²) < 4.78 is 41.3. The SMILES string of the molecule is Cc1cc(C)c(S(=O)(=O)N2CCC(N3CCN(Cc4ccc(F)cc4)C3=O)CC2)c(C)c1. The largest absolute Gasteiger partial charge is 0.320 e. The number of nitrogens with zero attached hydrogens (tertiary/aromatic N) is 3. The topological polar surface area (TPSA) is 60.9 Å². The number of hydrogen-bond acceptors (Lipinski definition) is 3. The lowest BCUT2D eigenvalue weighted by Crippen LogP contribution is -2.48. The molecule has 0 radical (unpaired) electrons. The summed E-state index contributed by atoms with van der Waals surface area (Å²) in [4.78, 5) is 17.0. The first kappa shape index (κ1) is 22.7. The second-order valence-electron chi connectivity index (χ2n) is 8.89. The number of carbonyl (C=O) groups is 1. The third-order valence-electron chi connectivity index (χ3n) is 6.48. The van der Waals surface area contributed by atoms with Gasteiger partial charge >= 0.3 is 6.03 Å². The maximum Gasteiger partial charge on any atom is 0.320 e. The van der Waals surface area contributed by atoms with Crippen LogP contribution in [-0.2, 0) is 16.6 Å². The van der Waals surface area contributed by atoms with E-state index in [4.69, 9.17) is 0 Å². The molecule has 2 fully saturated rings. The van der Waals surface area contributed by atoms with E-state index < -0.39 is 10.0 Å². The average molecular weight is 460 g/mol. The van der Waals surface area contributed by atoms with Gasteiger partial charge in [0.1, 0.15) is 5.82 Å². The summed E-state index contributed by atoms with van der Waals surface area (Å²) in [5.41, 5.74) is 3.49. The first-order valence-corrected chi connectivity index (χ1v) is 12.5. The van der Waals surface area contributed by atoms with E-state index in [0.717, 1.165) is 22.3 Å². The first-order valence-electron chi connectivity index (χ1n) is 11.0. The summed E-state index contributed by atoms with van der Waals surface area (Å²) in [6.45, 7) is 8.17. The summed E-state index contributed by atoms with van der Waals surface area (Å²) in [5.74, 6) is -0.291. The minimum Gasteiger partial charge on any atom is -0.320 e. The monoisotopic (exact) mass is 459 g/mol. The Labute approximate surface area is 189 Å². The van der Waals surface area contributed by atoms with Crippen molar-refractivity contribution >= 4 is 16.1 Å². The molecule has 2 aromatic rings. The Kier molecular flexibility index (Phi) is 6.27. The van der Waals surface area contributed by atoms with E-state index in [9.17, 15) is 17.6 Å². The highest BCUT2D eigenvalue weighted by molar-refractivity contribution is 7.89. The Morgan fingerprint density at radius 3 is 2.12 bits per heavy atom. The number of urea groups is 1. The molecule has 2 heterocycles. The fraction of sp³-hybridized carbons (Fsp3) is 0.458. The quantitative estimate of drug-likeness (QED) is 0.683. The van der Waals surface area contributed by atoms with Gasteiger partial charge in [-0.15, -0.1) is 0 Å². The van der Waals surface area contributed by atoms with Gasteiger partial charge in [-0.25, -0.2) is 17.6 Å². The summed E-state index contributed by atoms with van der Waals surface area (Å²) in [5, 5.41) is 0. The molecule has 0 atom stereocenters. The van der Waals surface area contributed by atoms with Gasteiger partial charge in [-0.3, -0.25) is 0 Å². The van der Waals surface area contributed by atoms with Gasteiger partial charge in [-0.2, -0.15) is 4.31 Å². The standard InChI is InChI=1S/C24H30FN3O3S/c1-17-14-18(2)23(19(3)15-17)32(30,31)27-10-8-22(9-11-27)28-13-12-26(24(28)29)16-20-4-6-21(25)7-5-20/h4-7,14-15,22H,8-13,16H2,1-3H3. The maximum atomic E-state index is 13.3. The van der Waals surface area contributed by atoms with Crippen LogP contribution < -0.4 is 0 Å². The van der Waals surface area contributed by atoms with E-state index in [1.54, 1.807) is 21.3 Å². The van der Waals surface area contributed by atoms with Crippen molar-refractivity contribution in [1.82, 2.24) is 14.1 Å². The average Bonchev–Trinajstić information content (AvgIpc) is 3.09. The lowest BCUT2D eigenvalue weighted by Gasteiger charge is -2.36. The van der Waals surface area contributed by atoms with Crippen LogP contribution in [0.15, 0.2) is 41.3 Å². The van der Waals surface area contributed by atoms with Gasteiger partial charge in [0.2, 0.25) is 10.0 Å². The van der Waals surface area contributed by atoms with Crippen molar-refractivity contribution in [1.29, 1.82) is 0 Å². The third kappa shape index (κ3) is 4.38. The molecule has 2 saturated heterocycles. The van der Waals surface area contributed by atoms with Crippen LogP contribution in [0.1, 0.15) is 35.1 Å². The van der Waals surface area contributed by atoms with Gasteiger partial charge in [0.25, 0.3) is 0 Å². The van der Waals surface area contributed by atoms with Crippen molar-refractivity contribution in [3.05, 3.63) is 64.5 Å². The van der Waals surface area contributed by atoms with Crippen molar-refractivity contribution < 1.29 is 17.6 Å². The van der Waals surface area contributed by atoms with Gasteiger partial charge in [-0.1, -0.05) is 29.8 Å². The zero-order chi connectivity index (χ0) is 23.0. The molecule has 0 saturated carbocycles. The molecule has 8 heteroatoms. The van der Waals surface area contributed by atoms with E-state index in [2.05, 4.69) is 0 Å². The van der Waals surface area contributed by atoms with Crippen LogP contribution >= 0.6 is 0 Å².